The summed E-state index contributed by atoms with van der Waals surface area (Å²) in [5.74, 6) is 0.372. The number of nitrogens with zero attached hydrogens (tertiary/aromatic N) is 3. The highest BCUT2D eigenvalue weighted by Gasteiger charge is 2.36. The van der Waals surface area contributed by atoms with Gasteiger partial charge in [-0.15, -0.1) is 10.2 Å². The van der Waals surface area contributed by atoms with Crippen molar-refractivity contribution in [2.24, 2.45) is 10.9 Å². The summed E-state index contributed by atoms with van der Waals surface area (Å²) in [6.45, 7) is 1.93. The maximum Gasteiger partial charge on any atom is 0.445 e. The summed E-state index contributed by atoms with van der Waals surface area (Å²) in [5, 5.41) is 7.47. The minimum Gasteiger partial charge on any atom is -0.493 e. The lowest BCUT2D eigenvalue weighted by atomic mass is 9.99. The van der Waals surface area contributed by atoms with Gasteiger partial charge in [-0.3, -0.25) is 10.1 Å². The van der Waals surface area contributed by atoms with E-state index in [0.717, 1.165) is 11.1 Å². The molecule has 0 aliphatic rings. The van der Waals surface area contributed by atoms with E-state index in [9.17, 15) is 18.0 Å². The maximum absolute atomic E-state index is 12.7. The standard InChI is InChI=1S/C22H21F3N4O3S/c1-13-6-4-5-7-16(13)32-17-9-8-14(11-18(17)31-3)10-15(12-26-2)19(30)27-21-29-28-20(33-21)22(23,24)25/h4-9,11-12,15H,10H2,1-3H3,(H,27,29,30). The zero-order chi connectivity index (χ0) is 24.0. The smallest absolute Gasteiger partial charge is 0.445 e. The second kappa shape index (κ2) is 10.4. The van der Waals surface area contributed by atoms with Crippen molar-refractivity contribution in [3.05, 3.63) is 58.6 Å². The number of carbonyl (C=O) groups excluding carboxylic acids is 1. The van der Waals surface area contributed by atoms with Crippen LogP contribution >= 0.6 is 11.3 Å². The van der Waals surface area contributed by atoms with E-state index in [1.807, 2.05) is 31.2 Å². The van der Waals surface area contributed by atoms with Gasteiger partial charge in [-0.1, -0.05) is 35.6 Å². The van der Waals surface area contributed by atoms with Gasteiger partial charge in [0.25, 0.3) is 0 Å². The average molecular weight is 478 g/mol. The first-order chi connectivity index (χ1) is 15.7. The number of nitrogens with one attached hydrogen (secondary N) is 1. The number of aryl methyl sites for hydroxylation is 1. The highest BCUT2D eigenvalue weighted by atomic mass is 32.1. The summed E-state index contributed by atoms with van der Waals surface area (Å²) in [5.41, 5.74) is 1.71. The molecule has 7 nitrogen and oxygen atoms in total. The van der Waals surface area contributed by atoms with E-state index in [2.05, 4.69) is 20.5 Å². The van der Waals surface area contributed by atoms with Gasteiger partial charge in [0.15, 0.2) is 11.5 Å². The first-order valence-electron chi connectivity index (χ1n) is 9.75. The number of alkyl halides is 3. The van der Waals surface area contributed by atoms with Crippen LogP contribution in [0.25, 0.3) is 0 Å². The molecule has 0 spiro atoms. The Labute approximate surface area is 192 Å². The molecule has 0 aliphatic carbocycles. The number of hydrogen-bond acceptors (Lipinski definition) is 7. The van der Waals surface area contributed by atoms with Crippen LogP contribution < -0.4 is 14.8 Å². The number of halogens is 3. The lowest BCUT2D eigenvalue weighted by molar-refractivity contribution is -0.138. The number of hydrogen-bond donors (Lipinski definition) is 1. The number of rotatable bonds is 8. The van der Waals surface area contributed by atoms with E-state index >= 15 is 0 Å². The number of aromatic nitrogens is 2. The molecule has 11 heteroatoms. The summed E-state index contributed by atoms with van der Waals surface area (Å²) in [4.78, 5) is 16.6. The Hall–Kier alpha value is -3.47. The molecule has 1 heterocycles. The molecule has 0 bridgehead atoms. The number of benzene rings is 2. The van der Waals surface area contributed by atoms with Crippen molar-refractivity contribution in [2.45, 2.75) is 19.5 Å². The van der Waals surface area contributed by atoms with Crippen molar-refractivity contribution in [1.29, 1.82) is 0 Å². The first kappa shape index (κ1) is 24.2. The highest BCUT2D eigenvalue weighted by molar-refractivity contribution is 7.15. The third-order valence-electron chi connectivity index (χ3n) is 4.56. The number of aliphatic imine (C=N–C) groups is 1. The van der Waals surface area contributed by atoms with Gasteiger partial charge in [0.2, 0.25) is 16.0 Å². The van der Waals surface area contributed by atoms with E-state index in [1.165, 1.54) is 20.4 Å². The molecule has 0 saturated carbocycles. The molecule has 174 valence electrons. The zero-order valence-electron chi connectivity index (χ0n) is 18.0. The second-order valence-corrected chi connectivity index (χ2v) is 7.95. The number of carbonyl (C=O) groups is 1. The molecule has 1 atom stereocenters. The SMILES string of the molecule is CN=CC(Cc1ccc(Oc2ccccc2C)c(OC)c1)C(=O)Nc1nnc(C(F)(F)F)s1. The van der Waals surface area contributed by atoms with Gasteiger partial charge in [0.1, 0.15) is 5.75 Å². The fraction of sp³-hybridized carbons (Fsp3) is 0.273. The Morgan fingerprint density at radius 2 is 1.94 bits per heavy atom. The Morgan fingerprint density at radius 1 is 1.18 bits per heavy atom. The molecular weight excluding hydrogens is 457 g/mol. The minimum atomic E-state index is -4.62. The van der Waals surface area contributed by atoms with Crippen molar-refractivity contribution in [3.8, 4) is 17.2 Å². The van der Waals surface area contributed by atoms with Crippen molar-refractivity contribution in [1.82, 2.24) is 10.2 Å². The average Bonchev–Trinajstić information content (AvgIpc) is 3.25. The zero-order valence-corrected chi connectivity index (χ0v) is 18.8. The van der Waals surface area contributed by atoms with Crippen LogP contribution in [0.3, 0.4) is 0 Å². The molecule has 1 N–H and O–H groups in total. The van der Waals surface area contributed by atoms with Crippen molar-refractivity contribution in [2.75, 3.05) is 19.5 Å². The van der Waals surface area contributed by atoms with E-state index in [-0.39, 0.29) is 22.9 Å². The molecule has 1 amide bonds. The van der Waals surface area contributed by atoms with Crippen LogP contribution in [0.2, 0.25) is 0 Å². The summed E-state index contributed by atoms with van der Waals surface area (Å²) < 4.78 is 49.6. The topological polar surface area (TPSA) is 85.7 Å². The van der Waals surface area contributed by atoms with E-state index in [1.54, 1.807) is 18.2 Å². The fourth-order valence-electron chi connectivity index (χ4n) is 2.95. The number of amides is 1. The highest BCUT2D eigenvalue weighted by Crippen LogP contribution is 2.35. The molecule has 1 aromatic heterocycles. The molecular formula is C22H21F3N4O3S. The van der Waals surface area contributed by atoms with Crippen LogP contribution in [-0.2, 0) is 17.4 Å². The summed E-state index contributed by atoms with van der Waals surface area (Å²) in [6.07, 6.45) is -2.97. The fourth-order valence-corrected chi connectivity index (χ4v) is 3.56. The van der Waals surface area contributed by atoms with Gasteiger partial charge in [-0.2, -0.15) is 13.2 Å². The molecule has 3 aromatic rings. The molecule has 2 aromatic carbocycles. The molecule has 0 radical (unpaired) electrons. The quantitative estimate of drug-likeness (QED) is 0.452. The van der Waals surface area contributed by atoms with Gasteiger partial charge in [-0.25, -0.2) is 0 Å². The van der Waals surface area contributed by atoms with Gasteiger partial charge < -0.3 is 14.5 Å². The van der Waals surface area contributed by atoms with Crippen LogP contribution in [0.15, 0.2) is 47.5 Å². The Bertz CT molecular complexity index is 1150. The lowest BCUT2D eigenvalue weighted by Gasteiger charge is -2.15. The number of methoxy groups -OCH3 is 1. The Balaban J connectivity index is 1.75. The van der Waals surface area contributed by atoms with Crippen LogP contribution in [-0.4, -0.2) is 36.5 Å². The molecule has 0 fully saturated rings. The Morgan fingerprint density at radius 3 is 2.58 bits per heavy atom. The third-order valence-corrected chi connectivity index (χ3v) is 5.44. The van der Waals surface area contributed by atoms with Gasteiger partial charge >= 0.3 is 6.18 Å². The van der Waals surface area contributed by atoms with E-state index < -0.39 is 23.0 Å². The second-order valence-electron chi connectivity index (χ2n) is 6.97. The van der Waals surface area contributed by atoms with Crippen LogP contribution in [0.1, 0.15) is 16.1 Å². The number of ether oxygens (including phenoxy) is 2. The van der Waals surface area contributed by atoms with Crippen LogP contribution in [0.4, 0.5) is 18.3 Å². The van der Waals surface area contributed by atoms with Crippen LogP contribution in [0.5, 0.6) is 17.2 Å². The largest absolute Gasteiger partial charge is 0.493 e. The van der Waals surface area contributed by atoms with Crippen molar-refractivity contribution >= 4 is 28.6 Å². The van der Waals surface area contributed by atoms with E-state index in [4.69, 9.17) is 9.47 Å². The van der Waals surface area contributed by atoms with Gasteiger partial charge in [0.05, 0.1) is 13.0 Å². The Kier molecular flexibility index (Phi) is 7.64. The molecule has 0 aliphatic heterocycles. The number of para-hydroxylation sites is 1. The van der Waals surface area contributed by atoms with Gasteiger partial charge in [0, 0.05) is 13.3 Å². The van der Waals surface area contributed by atoms with Crippen molar-refractivity contribution < 1.29 is 27.4 Å². The minimum absolute atomic E-state index is 0.231. The normalized spacial score (nSPS) is 12.5. The molecule has 33 heavy (non-hydrogen) atoms. The summed E-state index contributed by atoms with van der Waals surface area (Å²) in [6, 6.07) is 12.8. The molecule has 3 rings (SSSR count). The third kappa shape index (κ3) is 6.28. The predicted molar refractivity (Wildman–Crippen MR) is 119 cm³/mol. The lowest BCUT2D eigenvalue weighted by Crippen LogP contribution is -2.26. The first-order valence-corrected chi connectivity index (χ1v) is 10.6. The van der Waals surface area contributed by atoms with Crippen LogP contribution in [0, 0.1) is 12.8 Å². The molecule has 1 unspecified atom stereocenters. The summed E-state index contributed by atoms with van der Waals surface area (Å²) in [7, 11) is 3.02. The monoisotopic (exact) mass is 478 g/mol. The van der Waals surface area contributed by atoms with E-state index in [0.29, 0.717) is 17.2 Å². The maximum atomic E-state index is 12.7. The number of anilines is 1. The van der Waals surface area contributed by atoms with Gasteiger partial charge in [-0.05, 0) is 42.7 Å². The molecule has 0 saturated heterocycles. The summed E-state index contributed by atoms with van der Waals surface area (Å²) >= 11 is 0.260. The van der Waals surface area contributed by atoms with Crippen molar-refractivity contribution in [3.63, 3.8) is 0 Å². The predicted octanol–water partition coefficient (Wildman–Crippen LogP) is 5.16.